The Kier molecular flexibility index (Phi) is 6.50. The molecule has 2 aromatic carbocycles. The van der Waals surface area contributed by atoms with Crippen molar-refractivity contribution in [2.75, 3.05) is 19.8 Å². The Bertz CT molecular complexity index is 713. The fraction of sp³-hybridized carbons (Fsp3) is 0.316. The molecular formula is C19H21ClO4. The Morgan fingerprint density at radius 2 is 1.75 bits per heavy atom. The molecule has 0 aliphatic heterocycles. The predicted molar refractivity (Wildman–Crippen MR) is 94.9 cm³/mol. The molecule has 4 nitrogen and oxygen atoms in total. The van der Waals surface area contributed by atoms with Crippen LogP contribution in [0.3, 0.4) is 0 Å². The minimum absolute atomic E-state index is 0.313. The first-order valence-corrected chi connectivity index (χ1v) is 8.17. The largest absolute Gasteiger partial charge is 0.490 e. The summed E-state index contributed by atoms with van der Waals surface area (Å²) in [5, 5.41) is 0.342. The van der Waals surface area contributed by atoms with Crippen LogP contribution in [-0.2, 0) is 0 Å². The van der Waals surface area contributed by atoms with Crippen LogP contribution < -0.4 is 14.2 Å². The van der Waals surface area contributed by atoms with Gasteiger partial charge in [0.25, 0.3) is 0 Å². The molecular weight excluding hydrogens is 328 g/mol. The Labute approximate surface area is 147 Å². The van der Waals surface area contributed by atoms with E-state index in [1.807, 2.05) is 39.0 Å². The summed E-state index contributed by atoms with van der Waals surface area (Å²) in [6, 6.07) is 9.23. The third kappa shape index (κ3) is 4.65. The Balaban J connectivity index is 2.01. The summed E-state index contributed by atoms with van der Waals surface area (Å²) >= 11 is 6.19. The van der Waals surface area contributed by atoms with Gasteiger partial charge in [0.05, 0.1) is 11.6 Å². The van der Waals surface area contributed by atoms with Gasteiger partial charge in [-0.3, -0.25) is 4.79 Å². The fourth-order valence-corrected chi connectivity index (χ4v) is 2.49. The highest BCUT2D eigenvalue weighted by Gasteiger charge is 2.12. The molecule has 24 heavy (non-hydrogen) atoms. The predicted octanol–water partition coefficient (Wildman–Crippen LogP) is 4.63. The molecule has 0 aromatic heterocycles. The highest BCUT2D eigenvalue weighted by molar-refractivity contribution is 6.32. The normalized spacial score (nSPS) is 10.3. The number of hydrogen-bond acceptors (Lipinski definition) is 4. The number of aryl methyl sites for hydroxylation is 2. The fourth-order valence-electron chi connectivity index (χ4n) is 2.22. The van der Waals surface area contributed by atoms with E-state index in [9.17, 15) is 4.79 Å². The minimum atomic E-state index is 0.313. The van der Waals surface area contributed by atoms with Crippen LogP contribution in [0.25, 0.3) is 0 Å². The maximum Gasteiger partial charge on any atom is 0.179 e. The van der Waals surface area contributed by atoms with Crippen molar-refractivity contribution in [2.45, 2.75) is 20.8 Å². The van der Waals surface area contributed by atoms with Crippen molar-refractivity contribution >= 4 is 17.9 Å². The second kappa shape index (κ2) is 8.60. The molecule has 0 bridgehead atoms. The van der Waals surface area contributed by atoms with Crippen molar-refractivity contribution in [3.63, 3.8) is 0 Å². The molecule has 0 aliphatic rings. The van der Waals surface area contributed by atoms with Gasteiger partial charge in [0, 0.05) is 5.56 Å². The number of benzene rings is 2. The van der Waals surface area contributed by atoms with Gasteiger partial charge < -0.3 is 14.2 Å². The molecule has 0 spiro atoms. The molecule has 5 heteroatoms. The van der Waals surface area contributed by atoms with Crippen LogP contribution in [0.2, 0.25) is 5.02 Å². The molecule has 2 rings (SSSR count). The summed E-state index contributed by atoms with van der Waals surface area (Å²) in [6.45, 7) is 7.02. The van der Waals surface area contributed by atoms with E-state index in [2.05, 4.69) is 0 Å². The zero-order valence-electron chi connectivity index (χ0n) is 14.1. The van der Waals surface area contributed by atoms with Crippen LogP contribution in [0, 0.1) is 13.8 Å². The average Bonchev–Trinajstić information content (AvgIpc) is 2.56. The lowest BCUT2D eigenvalue weighted by molar-refractivity contribution is 0.112. The van der Waals surface area contributed by atoms with Crippen molar-refractivity contribution in [1.29, 1.82) is 0 Å². The molecule has 0 aliphatic carbocycles. The third-order valence-electron chi connectivity index (χ3n) is 3.40. The maximum absolute atomic E-state index is 10.9. The zero-order valence-corrected chi connectivity index (χ0v) is 14.9. The Hall–Kier alpha value is -2.20. The molecule has 0 amide bonds. The smallest absolute Gasteiger partial charge is 0.179 e. The van der Waals surface area contributed by atoms with Crippen LogP contribution in [0.1, 0.15) is 28.4 Å². The number of rotatable bonds is 8. The average molecular weight is 349 g/mol. The topological polar surface area (TPSA) is 44.8 Å². The van der Waals surface area contributed by atoms with Crippen LogP contribution in [0.4, 0.5) is 0 Å². The SMILES string of the molecule is CCOc1cc(C=O)cc(Cl)c1OCCOc1cc(C)ccc1C. The first kappa shape index (κ1) is 18.1. The van der Waals surface area contributed by atoms with Crippen molar-refractivity contribution in [2.24, 2.45) is 0 Å². The van der Waals surface area contributed by atoms with E-state index in [-0.39, 0.29) is 0 Å². The van der Waals surface area contributed by atoms with Gasteiger partial charge in [-0.15, -0.1) is 0 Å². The molecule has 0 saturated carbocycles. The van der Waals surface area contributed by atoms with E-state index in [0.29, 0.717) is 41.9 Å². The molecule has 0 heterocycles. The second-order valence-electron chi connectivity index (χ2n) is 5.35. The summed E-state index contributed by atoms with van der Waals surface area (Å²) in [5.41, 5.74) is 2.66. The first-order chi connectivity index (χ1) is 11.5. The molecule has 0 atom stereocenters. The number of aldehydes is 1. The van der Waals surface area contributed by atoms with Crippen molar-refractivity contribution < 1.29 is 19.0 Å². The van der Waals surface area contributed by atoms with Gasteiger partial charge in [0.1, 0.15) is 25.2 Å². The van der Waals surface area contributed by atoms with Gasteiger partial charge in [0.15, 0.2) is 11.5 Å². The lowest BCUT2D eigenvalue weighted by Crippen LogP contribution is -2.11. The maximum atomic E-state index is 10.9. The zero-order chi connectivity index (χ0) is 17.5. The lowest BCUT2D eigenvalue weighted by atomic mass is 10.1. The summed E-state index contributed by atoms with van der Waals surface area (Å²) in [4.78, 5) is 10.9. The number of hydrogen-bond donors (Lipinski definition) is 0. The number of carbonyl (C=O) groups excluding carboxylic acids is 1. The van der Waals surface area contributed by atoms with Crippen molar-refractivity contribution in [3.05, 3.63) is 52.0 Å². The van der Waals surface area contributed by atoms with Crippen LogP contribution in [0.15, 0.2) is 30.3 Å². The summed E-state index contributed by atoms with van der Waals surface area (Å²) < 4.78 is 17.0. The van der Waals surface area contributed by atoms with Gasteiger partial charge in [0.2, 0.25) is 0 Å². The Morgan fingerprint density at radius 3 is 2.46 bits per heavy atom. The van der Waals surface area contributed by atoms with Gasteiger partial charge in [-0.2, -0.15) is 0 Å². The van der Waals surface area contributed by atoms with Gasteiger partial charge in [-0.05, 0) is 50.1 Å². The quantitative estimate of drug-likeness (QED) is 0.515. The molecule has 0 unspecified atom stereocenters. The first-order valence-electron chi connectivity index (χ1n) is 7.79. The Morgan fingerprint density at radius 1 is 1.00 bits per heavy atom. The van der Waals surface area contributed by atoms with Crippen LogP contribution >= 0.6 is 11.6 Å². The van der Waals surface area contributed by atoms with E-state index in [1.54, 1.807) is 12.1 Å². The van der Waals surface area contributed by atoms with Gasteiger partial charge in [-0.1, -0.05) is 23.7 Å². The number of halogens is 1. The van der Waals surface area contributed by atoms with E-state index in [0.717, 1.165) is 23.2 Å². The molecule has 0 radical (unpaired) electrons. The monoisotopic (exact) mass is 348 g/mol. The van der Waals surface area contributed by atoms with Crippen LogP contribution in [-0.4, -0.2) is 26.1 Å². The minimum Gasteiger partial charge on any atom is -0.490 e. The third-order valence-corrected chi connectivity index (χ3v) is 3.68. The van der Waals surface area contributed by atoms with Crippen molar-refractivity contribution in [3.8, 4) is 17.2 Å². The summed E-state index contributed by atoms with van der Waals surface area (Å²) in [6.07, 6.45) is 0.724. The van der Waals surface area contributed by atoms with E-state index in [1.165, 1.54) is 0 Å². The standard InChI is InChI=1S/C19H21ClO4/c1-4-22-18-11-15(12-21)10-16(20)19(18)24-8-7-23-17-9-13(2)5-6-14(17)3/h5-6,9-12H,4,7-8H2,1-3H3. The van der Waals surface area contributed by atoms with E-state index >= 15 is 0 Å². The van der Waals surface area contributed by atoms with E-state index in [4.69, 9.17) is 25.8 Å². The summed E-state index contributed by atoms with van der Waals surface area (Å²) in [5.74, 6) is 1.72. The van der Waals surface area contributed by atoms with Gasteiger partial charge >= 0.3 is 0 Å². The number of ether oxygens (including phenoxy) is 3. The summed E-state index contributed by atoms with van der Waals surface area (Å²) in [7, 11) is 0. The van der Waals surface area contributed by atoms with Crippen molar-refractivity contribution in [1.82, 2.24) is 0 Å². The highest BCUT2D eigenvalue weighted by atomic mass is 35.5. The molecule has 0 saturated heterocycles. The number of carbonyl (C=O) groups is 1. The second-order valence-corrected chi connectivity index (χ2v) is 5.75. The molecule has 0 N–H and O–H groups in total. The molecule has 128 valence electrons. The van der Waals surface area contributed by atoms with E-state index < -0.39 is 0 Å². The lowest BCUT2D eigenvalue weighted by Gasteiger charge is -2.15. The van der Waals surface area contributed by atoms with Gasteiger partial charge in [-0.25, -0.2) is 0 Å². The molecule has 2 aromatic rings. The highest BCUT2D eigenvalue weighted by Crippen LogP contribution is 2.36. The molecule has 0 fully saturated rings. The van der Waals surface area contributed by atoms with Crippen LogP contribution in [0.5, 0.6) is 17.2 Å².